The Kier molecular flexibility index (Phi) is 9.25. The van der Waals surface area contributed by atoms with Crippen molar-refractivity contribution < 1.29 is 22.4 Å². The second kappa shape index (κ2) is 11.5. The number of halogens is 2. The summed E-state index contributed by atoms with van der Waals surface area (Å²) >= 11 is 6.27. The fourth-order valence-electron chi connectivity index (χ4n) is 3.10. The van der Waals surface area contributed by atoms with E-state index in [4.69, 9.17) is 11.6 Å². The summed E-state index contributed by atoms with van der Waals surface area (Å²) in [5.74, 6) is -1.64. The maximum absolute atomic E-state index is 13.7. The van der Waals surface area contributed by atoms with Crippen LogP contribution in [-0.4, -0.2) is 50.0 Å². The lowest BCUT2D eigenvalue weighted by molar-refractivity contribution is -0.139. The van der Waals surface area contributed by atoms with Gasteiger partial charge in [0.15, 0.2) is 0 Å². The highest BCUT2D eigenvalue weighted by molar-refractivity contribution is 7.92. The topological polar surface area (TPSA) is 86.8 Å². The lowest BCUT2D eigenvalue weighted by Crippen LogP contribution is -2.52. The van der Waals surface area contributed by atoms with Crippen LogP contribution in [0, 0.1) is 5.82 Å². The molecule has 33 heavy (non-hydrogen) atoms. The van der Waals surface area contributed by atoms with Crippen LogP contribution >= 0.6 is 11.6 Å². The van der Waals surface area contributed by atoms with Gasteiger partial charge in [0.05, 0.1) is 11.9 Å². The molecule has 0 heterocycles. The first-order valence-corrected chi connectivity index (χ1v) is 12.7. The van der Waals surface area contributed by atoms with Crippen LogP contribution in [0.15, 0.2) is 48.5 Å². The summed E-state index contributed by atoms with van der Waals surface area (Å²) in [5, 5.41) is 3.25. The lowest BCUT2D eigenvalue weighted by atomic mass is 10.1. The van der Waals surface area contributed by atoms with E-state index in [9.17, 15) is 22.4 Å². The van der Waals surface area contributed by atoms with E-state index in [1.165, 1.54) is 23.1 Å². The second-order valence-electron chi connectivity index (χ2n) is 7.86. The van der Waals surface area contributed by atoms with Crippen molar-refractivity contribution in [2.75, 3.05) is 17.1 Å². The molecule has 0 unspecified atom stereocenters. The Morgan fingerprint density at radius 1 is 1.12 bits per heavy atom. The zero-order valence-electron chi connectivity index (χ0n) is 19.1. The Hall–Kier alpha value is -2.65. The van der Waals surface area contributed by atoms with Gasteiger partial charge in [0, 0.05) is 17.6 Å². The van der Waals surface area contributed by atoms with Crippen LogP contribution in [0.5, 0.6) is 0 Å². The maximum Gasteiger partial charge on any atom is 0.244 e. The van der Waals surface area contributed by atoms with Gasteiger partial charge in [-0.2, -0.15) is 0 Å². The highest BCUT2D eigenvalue weighted by atomic mass is 35.5. The Morgan fingerprint density at radius 2 is 1.79 bits per heavy atom. The number of anilines is 1. The van der Waals surface area contributed by atoms with Crippen LogP contribution in [0.4, 0.5) is 10.1 Å². The number of rotatable bonds is 10. The number of carbonyl (C=O) groups is 2. The summed E-state index contributed by atoms with van der Waals surface area (Å²) in [5.41, 5.74) is 0.618. The van der Waals surface area contributed by atoms with Crippen molar-refractivity contribution in [2.24, 2.45) is 0 Å². The van der Waals surface area contributed by atoms with Gasteiger partial charge < -0.3 is 10.2 Å². The predicted octanol–water partition coefficient (Wildman–Crippen LogP) is 3.58. The Balaban J connectivity index is 2.40. The van der Waals surface area contributed by atoms with Crippen LogP contribution < -0.4 is 9.62 Å². The lowest BCUT2D eigenvalue weighted by Gasteiger charge is -2.32. The average molecular weight is 498 g/mol. The summed E-state index contributed by atoms with van der Waals surface area (Å²) in [4.78, 5) is 27.5. The number of hydrogen-bond acceptors (Lipinski definition) is 4. The van der Waals surface area contributed by atoms with E-state index in [2.05, 4.69) is 5.32 Å². The molecular formula is C23H29ClFN3O4S. The van der Waals surface area contributed by atoms with E-state index >= 15 is 0 Å². The Morgan fingerprint density at radius 3 is 2.36 bits per heavy atom. The first-order chi connectivity index (χ1) is 15.4. The van der Waals surface area contributed by atoms with Gasteiger partial charge in [-0.1, -0.05) is 42.8 Å². The molecule has 2 aromatic carbocycles. The van der Waals surface area contributed by atoms with Crippen molar-refractivity contribution in [3.63, 3.8) is 0 Å². The van der Waals surface area contributed by atoms with Crippen molar-refractivity contribution in [2.45, 2.75) is 45.8 Å². The Bertz CT molecular complexity index is 1100. The van der Waals surface area contributed by atoms with E-state index in [-0.39, 0.29) is 24.2 Å². The monoisotopic (exact) mass is 497 g/mol. The molecule has 0 aliphatic carbocycles. The van der Waals surface area contributed by atoms with Crippen molar-refractivity contribution in [1.82, 2.24) is 10.2 Å². The molecule has 2 amide bonds. The molecule has 2 rings (SSSR count). The van der Waals surface area contributed by atoms with Crippen LogP contribution in [0.3, 0.4) is 0 Å². The van der Waals surface area contributed by atoms with Gasteiger partial charge in [-0.15, -0.1) is 0 Å². The van der Waals surface area contributed by atoms with E-state index in [1.54, 1.807) is 31.2 Å². The summed E-state index contributed by atoms with van der Waals surface area (Å²) in [6.07, 6.45) is 1.64. The minimum Gasteiger partial charge on any atom is -0.352 e. The fourth-order valence-corrected chi connectivity index (χ4v) is 4.14. The molecule has 2 atom stereocenters. The predicted molar refractivity (Wildman–Crippen MR) is 128 cm³/mol. The minimum absolute atomic E-state index is 0.00560. The third kappa shape index (κ3) is 7.43. The summed E-state index contributed by atoms with van der Waals surface area (Å²) in [7, 11) is -3.92. The number of hydrogen-bond donors (Lipinski definition) is 1. The molecule has 0 aliphatic heterocycles. The van der Waals surface area contributed by atoms with Gasteiger partial charge in [0.1, 0.15) is 18.4 Å². The van der Waals surface area contributed by atoms with E-state index in [0.717, 1.165) is 16.6 Å². The standard InChI is InChI=1S/C23H29ClFN3O4S/c1-5-16(2)26-23(30)17(3)27(14-18-9-6-7-12-21(18)24)22(29)15-28(33(4,31)32)20-11-8-10-19(25)13-20/h6-13,16-17H,5,14-15H2,1-4H3,(H,26,30)/t16-,17-/m0/s1. The smallest absolute Gasteiger partial charge is 0.244 e. The first-order valence-electron chi connectivity index (χ1n) is 10.5. The Labute approximate surface area is 199 Å². The number of nitrogens with one attached hydrogen (secondary N) is 1. The minimum atomic E-state index is -3.92. The van der Waals surface area contributed by atoms with Crippen LogP contribution in [0.2, 0.25) is 5.02 Å². The SMILES string of the molecule is CC[C@H](C)NC(=O)[C@H](C)N(Cc1ccccc1Cl)C(=O)CN(c1cccc(F)c1)S(C)(=O)=O. The first kappa shape index (κ1) is 26.6. The molecule has 0 aliphatic rings. The van der Waals surface area contributed by atoms with Gasteiger partial charge in [-0.05, 0) is 50.1 Å². The molecule has 2 aromatic rings. The van der Waals surface area contributed by atoms with Crippen molar-refractivity contribution in [3.05, 3.63) is 64.9 Å². The summed E-state index contributed by atoms with van der Waals surface area (Å²) in [6, 6.07) is 10.8. The average Bonchev–Trinajstić information content (AvgIpc) is 2.75. The molecule has 0 saturated carbocycles. The van der Waals surface area contributed by atoms with Gasteiger partial charge in [-0.25, -0.2) is 12.8 Å². The van der Waals surface area contributed by atoms with Gasteiger partial charge in [-0.3, -0.25) is 13.9 Å². The van der Waals surface area contributed by atoms with Gasteiger partial charge in [0.2, 0.25) is 21.8 Å². The van der Waals surface area contributed by atoms with E-state index in [0.29, 0.717) is 17.0 Å². The zero-order valence-corrected chi connectivity index (χ0v) is 20.7. The number of sulfonamides is 1. The number of amides is 2. The summed E-state index contributed by atoms with van der Waals surface area (Å²) < 4.78 is 39.4. The van der Waals surface area contributed by atoms with Crippen molar-refractivity contribution in [1.29, 1.82) is 0 Å². The molecule has 1 N–H and O–H groups in total. The van der Waals surface area contributed by atoms with E-state index in [1.807, 2.05) is 13.8 Å². The molecule has 180 valence electrons. The van der Waals surface area contributed by atoms with E-state index < -0.39 is 34.3 Å². The fraction of sp³-hybridized carbons (Fsp3) is 0.391. The third-order valence-corrected chi connectivity index (χ3v) is 6.75. The normalized spacial score (nSPS) is 13.2. The summed E-state index contributed by atoms with van der Waals surface area (Å²) in [6.45, 7) is 4.73. The molecule has 7 nitrogen and oxygen atoms in total. The van der Waals surface area contributed by atoms with Gasteiger partial charge in [0.25, 0.3) is 0 Å². The molecular weight excluding hydrogens is 469 g/mol. The molecule has 0 radical (unpaired) electrons. The quantitative estimate of drug-likeness (QED) is 0.543. The molecule has 0 aromatic heterocycles. The van der Waals surface area contributed by atoms with Crippen molar-refractivity contribution >= 4 is 39.1 Å². The number of benzene rings is 2. The molecule has 0 bridgehead atoms. The second-order valence-corrected chi connectivity index (χ2v) is 10.2. The maximum atomic E-state index is 13.7. The van der Waals surface area contributed by atoms with Crippen molar-refractivity contribution in [3.8, 4) is 0 Å². The largest absolute Gasteiger partial charge is 0.352 e. The molecule has 0 saturated heterocycles. The van der Waals surface area contributed by atoms with Crippen LogP contribution in [0.1, 0.15) is 32.8 Å². The van der Waals surface area contributed by atoms with Crippen LogP contribution in [-0.2, 0) is 26.2 Å². The highest BCUT2D eigenvalue weighted by Gasteiger charge is 2.30. The van der Waals surface area contributed by atoms with Crippen LogP contribution in [0.25, 0.3) is 0 Å². The number of carbonyl (C=O) groups excluding carboxylic acids is 2. The zero-order chi connectivity index (χ0) is 24.8. The van der Waals surface area contributed by atoms with Gasteiger partial charge >= 0.3 is 0 Å². The number of nitrogens with zero attached hydrogens (tertiary/aromatic N) is 2. The molecule has 0 spiro atoms. The molecule has 10 heteroatoms. The highest BCUT2D eigenvalue weighted by Crippen LogP contribution is 2.22. The third-order valence-electron chi connectivity index (χ3n) is 5.24. The molecule has 0 fully saturated rings.